The summed E-state index contributed by atoms with van der Waals surface area (Å²) in [6.45, 7) is 0. The van der Waals surface area contributed by atoms with E-state index in [0.29, 0.717) is 0 Å². The highest BCUT2D eigenvalue weighted by atomic mass is 15.1. The van der Waals surface area contributed by atoms with Crippen molar-refractivity contribution >= 4 is 44.0 Å². The molecule has 0 fully saturated rings. The molecule has 0 amide bonds. The number of aromatic nitrogens is 1. The molecule has 0 bridgehead atoms. The summed E-state index contributed by atoms with van der Waals surface area (Å²) < 4.78 is 2.40. The lowest BCUT2D eigenvalue weighted by Crippen LogP contribution is -2.28. The molecular weight excluding hydrogens is 799 g/mol. The van der Waals surface area contributed by atoms with E-state index < -0.39 is 5.41 Å². The Morgan fingerprint density at radius 1 is 0.409 bits per heavy atom. The summed E-state index contributed by atoms with van der Waals surface area (Å²) in [5.74, 6) is 0. The summed E-state index contributed by atoms with van der Waals surface area (Å²) in [6, 6.07) is 88.3. The van der Waals surface area contributed by atoms with E-state index in [1.807, 2.05) is 0 Å². The first-order valence-electron chi connectivity index (χ1n) is 22.8. The van der Waals surface area contributed by atoms with Gasteiger partial charge in [0.15, 0.2) is 0 Å². The van der Waals surface area contributed by atoms with Gasteiger partial charge >= 0.3 is 0 Å². The first-order chi connectivity index (χ1) is 32.8. The van der Waals surface area contributed by atoms with Crippen molar-refractivity contribution in [3.63, 3.8) is 0 Å². The van der Waals surface area contributed by atoms with Crippen LogP contribution in [-0.2, 0) is 5.41 Å². The van der Waals surface area contributed by atoms with Gasteiger partial charge in [0.2, 0.25) is 0 Å². The molecule has 0 spiro atoms. The largest absolute Gasteiger partial charge is 0.359 e. The number of fused-ring (bicyclic) bond motifs is 7. The van der Waals surface area contributed by atoms with Gasteiger partial charge in [0, 0.05) is 33.3 Å². The van der Waals surface area contributed by atoms with E-state index in [2.05, 4.69) is 259 Å². The van der Waals surface area contributed by atoms with E-state index in [-0.39, 0.29) is 6.17 Å². The summed E-state index contributed by atoms with van der Waals surface area (Å²) in [5, 5.41) is 8.80. The molecule has 2 heterocycles. The van der Waals surface area contributed by atoms with E-state index in [0.717, 1.165) is 33.8 Å². The molecule has 0 radical (unpaired) electrons. The molecule has 3 nitrogen and oxygen atoms in total. The molecule has 1 aliphatic heterocycles. The lowest BCUT2D eigenvalue weighted by atomic mass is 9.67. The van der Waals surface area contributed by atoms with E-state index in [4.69, 9.17) is 4.99 Å². The average molecular weight is 842 g/mol. The second kappa shape index (κ2) is 15.3. The maximum atomic E-state index is 5.59. The molecule has 11 aromatic rings. The fraction of sp³-hybridized carbons (Fsp3) is 0.0317. The first-order valence-corrected chi connectivity index (χ1v) is 22.8. The Morgan fingerprint density at radius 3 is 1.71 bits per heavy atom. The van der Waals surface area contributed by atoms with Crippen molar-refractivity contribution in [2.75, 3.05) is 0 Å². The van der Waals surface area contributed by atoms with E-state index in [1.165, 1.54) is 77.1 Å². The topological polar surface area (TPSA) is 29.3 Å². The number of nitrogens with one attached hydrogen (secondary N) is 1. The molecule has 0 saturated heterocycles. The molecule has 1 N–H and O–H groups in total. The zero-order valence-corrected chi connectivity index (χ0v) is 36.1. The zero-order valence-electron chi connectivity index (χ0n) is 36.1. The molecule has 1 unspecified atom stereocenters. The third kappa shape index (κ3) is 5.80. The first kappa shape index (κ1) is 38.0. The van der Waals surface area contributed by atoms with E-state index in [1.54, 1.807) is 0 Å². The number of rotatable bonds is 7. The van der Waals surface area contributed by atoms with Gasteiger partial charge in [0.1, 0.15) is 6.17 Å². The molecule has 310 valence electrons. The minimum Gasteiger partial charge on any atom is -0.359 e. The summed E-state index contributed by atoms with van der Waals surface area (Å²) in [6.07, 6.45) is 1.98. The molecule has 13 rings (SSSR count). The standard InChI is InChI=1S/C63H43N3/c1-5-20-42(21-6-1)62-64-57(41-58(65-62)54-32-19-34-56-61(54)53-31-15-17-33-55(53)63(56,44-22-7-2-8-23-44)45-24-9-3-10-25-45)50-39-38-47(48-28-13-14-29-49(48)50)43-36-37-52-51-30-16-18-35-59(51)66(60(52)40-43)46-26-11-4-12-27-46/h1-41,62,64H. The van der Waals surface area contributed by atoms with Gasteiger partial charge < -0.3 is 9.88 Å². The highest BCUT2D eigenvalue weighted by molar-refractivity contribution is 6.19. The van der Waals surface area contributed by atoms with Crippen molar-refractivity contribution in [2.45, 2.75) is 11.6 Å². The lowest BCUT2D eigenvalue weighted by Gasteiger charge is -2.34. The van der Waals surface area contributed by atoms with E-state index >= 15 is 0 Å². The Hall–Kier alpha value is -8.53. The Kier molecular flexibility index (Phi) is 8.82. The fourth-order valence-electron chi connectivity index (χ4n) is 11.1. The van der Waals surface area contributed by atoms with E-state index in [9.17, 15) is 0 Å². The minimum absolute atomic E-state index is 0.303. The molecule has 10 aromatic carbocycles. The van der Waals surface area contributed by atoms with Crippen LogP contribution < -0.4 is 5.32 Å². The lowest BCUT2D eigenvalue weighted by molar-refractivity contribution is 0.664. The Labute approximate surface area is 384 Å². The third-order valence-corrected chi connectivity index (χ3v) is 13.9. The molecule has 1 aliphatic carbocycles. The normalized spacial score (nSPS) is 14.9. The maximum absolute atomic E-state index is 5.59. The van der Waals surface area contributed by atoms with Crippen molar-refractivity contribution in [1.29, 1.82) is 0 Å². The molecular formula is C63H43N3. The van der Waals surface area contributed by atoms with Crippen LogP contribution in [0.1, 0.15) is 45.1 Å². The van der Waals surface area contributed by atoms with Gasteiger partial charge in [-0.1, -0.05) is 218 Å². The predicted molar refractivity (Wildman–Crippen MR) is 274 cm³/mol. The molecule has 66 heavy (non-hydrogen) atoms. The van der Waals surface area contributed by atoms with Gasteiger partial charge in [-0.2, -0.15) is 0 Å². The van der Waals surface area contributed by atoms with Crippen molar-refractivity contribution in [3.05, 3.63) is 288 Å². The smallest absolute Gasteiger partial charge is 0.145 e. The van der Waals surface area contributed by atoms with Gasteiger partial charge in [0.05, 0.1) is 22.2 Å². The molecule has 3 heteroatoms. The van der Waals surface area contributed by atoms with Crippen molar-refractivity contribution in [2.24, 2.45) is 4.99 Å². The van der Waals surface area contributed by atoms with Crippen LogP contribution in [0.5, 0.6) is 0 Å². The van der Waals surface area contributed by atoms with Gasteiger partial charge in [-0.3, -0.25) is 4.99 Å². The molecule has 0 saturated carbocycles. The highest BCUT2D eigenvalue weighted by Crippen LogP contribution is 2.57. The fourth-order valence-corrected chi connectivity index (χ4v) is 11.1. The summed E-state index contributed by atoms with van der Waals surface area (Å²) in [4.78, 5) is 5.59. The van der Waals surface area contributed by atoms with Crippen LogP contribution in [0.3, 0.4) is 0 Å². The summed E-state index contributed by atoms with van der Waals surface area (Å²) in [7, 11) is 0. The Morgan fingerprint density at radius 2 is 0.970 bits per heavy atom. The van der Waals surface area contributed by atoms with Crippen LogP contribution in [0, 0.1) is 0 Å². The highest BCUT2D eigenvalue weighted by Gasteiger charge is 2.47. The average Bonchev–Trinajstić information content (AvgIpc) is 3.90. The van der Waals surface area contributed by atoms with Crippen molar-refractivity contribution < 1.29 is 0 Å². The number of hydrogen-bond acceptors (Lipinski definition) is 2. The Bertz CT molecular complexity index is 3680. The van der Waals surface area contributed by atoms with Gasteiger partial charge in [0.25, 0.3) is 0 Å². The number of allylic oxidation sites excluding steroid dienone is 1. The van der Waals surface area contributed by atoms with Crippen LogP contribution in [-0.4, -0.2) is 10.3 Å². The van der Waals surface area contributed by atoms with Gasteiger partial charge in [-0.05, 0) is 91.2 Å². The van der Waals surface area contributed by atoms with Crippen LogP contribution in [0.25, 0.3) is 66.2 Å². The second-order valence-corrected chi connectivity index (χ2v) is 17.4. The van der Waals surface area contributed by atoms with Crippen LogP contribution >= 0.6 is 0 Å². The molecule has 1 aromatic heterocycles. The quantitative estimate of drug-likeness (QED) is 0.170. The summed E-state index contributed by atoms with van der Waals surface area (Å²) in [5.41, 5.74) is 18.3. The number of nitrogens with zero attached hydrogens (tertiary/aromatic N) is 2. The number of aliphatic imine (C=N–C) groups is 1. The van der Waals surface area contributed by atoms with Crippen LogP contribution in [0.4, 0.5) is 0 Å². The monoisotopic (exact) mass is 841 g/mol. The van der Waals surface area contributed by atoms with Gasteiger partial charge in [-0.25, -0.2) is 0 Å². The van der Waals surface area contributed by atoms with Crippen molar-refractivity contribution in [1.82, 2.24) is 9.88 Å². The van der Waals surface area contributed by atoms with Crippen molar-refractivity contribution in [3.8, 4) is 27.9 Å². The van der Waals surface area contributed by atoms with Gasteiger partial charge in [-0.15, -0.1) is 0 Å². The maximum Gasteiger partial charge on any atom is 0.145 e. The van der Waals surface area contributed by atoms with Crippen LogP contribution in [0.15, 0.2) is 254 Å². The third-order valence-electron chi connectivity index (χ3n) is 13.9. The summed E-state index contributed by atoms with van der Waals surface area (Å²) >= 11 is 0. The zero-order chi connectivity index (χ0) is 43.6. The second-order valence-electron chi connectivity index (χ2n) is 17.4. The molecule has 2 aliphatic rings. The Balaban J connectivity index is 1.00. The number of hydrogen-bond donors (Lipinski definition) is 1. The van der Waals surface area contributed by atoms with Crippen LogP contribution in [0.2, 0.25) is 0 Å². The number of benzene rings is 10. The molecule has 1 atom stereocenters. The predicted octanol–water partition coefficient (Wildman–Crippen LogP) is 15.1. The SMILES string of the molecule is C1=C(c2ccc(-c3ccc4c5ccccc5n(-c5ccccc5)c4c3)c3ccccc23)NC(c2ccccc2)N=C1c1cccc2c1-c1ccccc1C2(c1ccccc1)c1ccccc1. The minimum atomic E-state index is -0.506. The number of para-hydroxylation sites is 2.